The van der Waals surface area contributed by atoms with Gasteiger partial charge in [0.25, 0.3) is 0 Å². The second-order valence-corrected chi connectivity index (χ2v) is 0.632. The zero-order valence-electron chi connectivity index (χ0n) is 3.51. The highest BCUT2D eigenvalue weighted by molar-refractivity contribution is 7.80. The Morgan fingerprint density at radius 1 is 1.43 bits per heavy atom. The van der Waals surface area contributed by atoms with E-state index in [4.69, 9.17) is 5.26 Å². The second kappa shape index (κ2) is 36.7. The number of thiol groups is 1. The van der Waals surface area contributed by atoms with Crippen LogP contribution in [-0.2, 0) is 0 Å². The van der Waals surface area contributed by atoms with Crippen molar-refractivity contribution in [1.29, 1.82) is 5.26 Å². The summed E-state index contributed by atoms with van der Waals surface area (Å²) < 4.78 is 0. The number of halogens is 1. The molecule has 0 saturated carbocycles. The summed E-state index contributed by atoms with van der Waals surface area (Å²) in [4.78, 5) is 0. The molecule has 0 spiro atoms. The van der Waals surface area contributed by atoms with E-state index < -0.39 is 0 Å². The Kier molecular flexibility index (Phi) is 145. The number of nitriles is 1. The van der Waals surface area contributed by atoms with E-state index in [1.165, 1.54) is 0 Å². The van der Waals surface area contributed by atoms with Crippen LogP contribution in [0, 0.1) is 11.3 Å². The molecule has 0 aliphatic heterocycles. The molecule has 0 bridgehead atoms. The minimum absolute atomic E-state index is 0. The highest BCUT2D eigenvalue weighted by atomic mass is 35.5. The molecule has 0 aliphatic carbocycles. The van der Waals surface area contributed by atoms with Crippen LogP contribution in [0.25, 0.3) is 0 Å². The lowest BCUT2D eigenvalue weighted by Crippen LogP contribution is -1.47. The van der Waals surface area contributed by atoms with Crippen molar-refractivity contribution in [2.45, 2.75) is 0 Å². The Labute approximate surface area is 53.8 Å². The lowest BCUT2D eigenvalue weighted by Gasteiger charge is -1.47. The zero-order chi connectivity index (χ0) is 3.41. The molecule has 4 N–H and O–H groups in total. The van der Waals surface area contributed by atoms with Gasteiger partial charge in [-0.25, -0.2) is 0 Å². The Hall–Kier alpha value is 0.0500. The topological polar surface area (TPSA) is 86.8 Å². The largest absolute Gasteiger partial charge is 0.412 e. The molecule has 0 amide bonds. The minimum atomic E-state index is 0. The second-order valence-electron chi connectivity index (χ2n) is 0.316. The first-order valence-corrected chi connectivity index (χ1v) is 1.53. The van der Waals surface area contributed by atoms with Gasteiger partial charge in [-0.05, 0) is 0 Å². The van der Waals surface area contributed by atoms with Gasteiger partial charge in [-0.2, -0.15) is 17.9 Å². The van der Waals surface area contributed by atoms with Gasteiger partial charge < -0.3 is 11.0 Å². The molecule has 0 radical (unpaired) electrons. The maximum absolute atomic E-state index is 7.55. The lowest BCUT2D eigenvalue weighted by molar-refractivity contribution is 0.823. The van der Waals surface area contributed by atoms with E-state index in [0.717, 1.165) is 0 Å². The summed E-state index contributed by atoms with van der Waals surface area (Å²) in [6, 6.07) is 1.79. The van der Waals surface area contributed by atoms with E-state index in [1.54, 1.807) is 6.07 Å². The molecule has 0 saturated heterocycles. The smallest absolute Gasteiger partial charge is 0.0777 e. The quantitative estimate of drug-likeness (QED) is 0.445. The van der Waals surface area contributed by atoms with Gasteiger partial charge >= 0.3 is 0 Å². The van der Waals surface area contributed by atoms with E-state index in [1.807, 2.05) is 0 Å². The minimum Gasteiger partial charge on any atom is -0.412 e. The van der Waals surface area contributed by atoms with Crippen molar-refractivity contribution in [1.82, 2.24) is 0 Å². The van der Waals surface area contributed by atoms with Crippen molar-refractivity contribution in [2.75, 3.05) is 5.75 Å². The summed E-state index contributed by atoms with van der Waals surface area (Å²) in [7, 11) is 0. The summed E-state index contributed by atoms with van der Waals surface area (Å²) in [6.45, 7) is 0. The summed E-state index contributed by atoms with van der Waals surface area (Å²) in [5.41, 5.74) is 0. The normalized spacial score (nSPS) is 2.86. The fourth-order valence-electron chi connectivity index (χ4n) is 0. The van der Waals surface area contributed by atoms with Crippen molar-refractivity contribution in [3.8, 4) is 6.07 Å². The van der Waals surface area contributed by atoms with Gasteiger partial charge in [-0.3, -0.25) is 0 Å². The molecule has 0 aromatic heterocycles. The van der Waals surface area contributed by atoms with Crippen LogP contribution < -0.4 is 0 Å². The highest BCUT2D eigenvalue weighted by Gasteiger charge is 1.50. The van der Waals surface area contributed by atoms with Crippen LogP contribution >= 0.6 is 25.0 Å². The number of rotatable bonds is 0. The molecule has 7 heavy (non-hydrogen) atoms. The predicted molar refractivity (Wildman–Crippen MR) is 33.9 cm³/mol. The van der Waals surface area contributed by atoms with Gasteiger partial charge in [0.1, 0.15) is 0 Å². The Morgan fingerprint density at radius 3 is 1.57 bits per heavy atom. The summed E-state index contributed by atoms with van der Waals surface area (Å²) in [6.07, 6.45) is 0. The Morgan fingerprint density at radius 2 is 1.57 bits per heavy atom. The van der Waals surface area contributed by atoms with E-state index in [0.29, 0.717) is 5.75 Å². The van der Waals surface area contributed by atoms with Crippen molar-refractivity contribution in [2.24, 2.45) is 0 Å². The first-order chi connectivity index (χ1) is 1.91. The first-order valence-electron chi connectivity index (χ1n) is 0.893. The van der Waals surface area contributed by atoms with Gasteiger partial charge in [0.05, 0.1) is 11.8 Å². The van der Waals surface area contributed by atoms with Crippen LogP contribution in [-0.4, -0.2) is 16.7 Å². The van der Waals surface area contributed by atoms with Gasteiger partial charge in [-0.1, -0.05) is 0 Å². The number of nitrogens with zero attached hydrogens (tertiary/aromatic N) is 1. The molecule has 0 heterocycles. The monoisotopic (exact) mass is 145 g/mol. The summed E-state index contributed by atoms with van der Waals surface area (Å²) in [5, 5.41) is 7.55. The molecular formula is C2H8ClNO2S. The molecule has 0 aromatic rings. The SMILES string of the molecule is Cl.N#CCS.O.O. The Bertz CT molecular complexity index is 45.4. The third kappa shape index (κ3) is 90.0. The molecule has 0 fully saturated rings. The van der Waals surface area contributed by atoms with Crippen molar-refractivity contribution in [3.63, 3.8) is 0 Å². The maximum atomic E-state index is 7.55. The van der Waals surface area contributed by atoms with Crippen LogP contribution in [0.1, 0.15) is 0 Å². The van der Waals surface area contributed by atoms with Crippen LogP contribution in [0.4, 0.5) is 0 Å². The number of hydrogen-bond acceptors (Lipinski definition) is 2. The van der Waals surface area contributed by atoms with Crippen LogP contribution in [0.15, 0.2) is 0 Å². The maximum Gasteiger partial charge on any atom is 0.0777 e. The summed E-state index contributed by atoms with van der Waals surface area (Å²) >= 11 is 3.56. The van der Waals surface area contributed by atoms with Crippen molar-refractivity contribution < 1.29 is 11.0 Å². The third-order valence-electron chi connectivity index (χ3n) is 0.0707. The van der Waals surface area contributed by atoms with E-state index >= 15 is 0 Å². The molecule has 0 atom stereocenters. The first kappa shape index (κ1) is 27.7. The predicted octanol–water partition coefficient (Wildman–Crippen LogP) is -0.788. The van der Waals surface area contributed by atoms with E-state index in [2.05, 4.69) is 12.6 Å². The standard InChI is InChI=1S/C2H3NS.ClH.2H2O/c3-1-2-4;;;/h4H,2H2;1H;2*1H2. The zero-order valence-corrected chi connectivity index (χ0v) is 5.22. The van der Waals surface area contributed by atoms with E-state index in [-0.39, 0.29) is 23.4 Å². The molecule has 46 valence electrons. The highest BCUT2D eigenvalue weighted by Crippen LogP contribution is 1.59. The molecule has 3 nitrogen and oxygen atoms in total. The van der Waals surface area contributed by atoms with Crippen LogP contribution in [0.5, 0.6) is 0 Å². The van der Waals surface area contributed by atoms with Gasteiger partial charge in [0, 0.05) is 0 Å². The van der Waals surface area contributed by atoms with E-state index in [9.17, 15) is 0 Å². The molecule has 5 heteroatoms. The van der Waals surface area contributed by atoms with Crippen LogP contribution in [0.2, 0.25) is 0 Å². The third-order valence-corrected chi connectivity index (χ3v) is 0.212. The van der Waals surface area contributed by atoms with Gasteiger partial charge in [0.15, 0.2) is 0 Å². The molecule has 0 unspecified atom stereocenters. The fraction of sp³-hybridized carbons (Fsp3) is 0.500. The van der Waals surface area contributed by atoms with Gasteiger partial charge in [0.2, 0.25) is 0 Å². The van der Waals surface area contributed by atoms with Crippen molar-refractivity contribution >= 4 is 25.0 Å². The van der Waals surface area contributed by atoms with Crippen molar-refractivity contribution in [3.05, 3.63) is 0 Å². The van der Waals surface area contributed by atoms with Gasteiger partial charge in [-0.15, -0.1) is 12.4 Å². The summed E-state index contributed by atoms with van der Waals surface area (Å²) in [5.74, 6) is 0.319. The average molecular weight is 146 g/mol. The average Bonchev–Trinajstić information content (AvgIpc) is 1.37. The number of hydrogen-bond donors (Lipinski definition) is 1. The lowest BCUT2D eigenvalue weighted by atomic mass is 10.9. The fourth-order valence-corrected chi connectivity index (χ4v) is 0. The van der Waals surface area contributed by atoms with Crippen LogP contribution in [0.3, 0.4) is 0 Å². The molecule has 0 aliphatic rings. The molecule has 0 rings (SSSR count). The molecule has 0 aromatic carbocycles. The molecular weight excluding hydrogens is 138 g/mol. The Balaban J connectivity index is -0.0000000150.